The Labute approximate surface area is 170 Å². The molecule has 0 atom stereocenters. The minimum atomic E-state index is -0.0359. The summed E-state index contributed by atoms with van der Waals surface area (Å²) in [5.74, 6) is 1.55. The molecule has 0 unspecified atom stereocenters. The molecule has 1 aromatic rings. The highest BCUT2D eigenvalue weighted by molar-refractivity contribution is 9.10. The monoisotopic (exact) mass is 438 g/mol. The zero-order valence-electron chi connectivity index (χ0n) is 16.6. The number of nitrogens with one attached hydrogen (secondary N) is 2. The van der Waals surface area contributed by atoms with Crippen molar-refractivity contribution in [1.82, 2.24) is 10.2 Å². The van der Waals surface area contributed by atoms with E-state index in [1.807, 2.05) is 44.0 Å². The normalized spacial score (nSPS) is 14.1. The zero-order valence-corrected chi connectivity index (χ0v) is 18.1. The highest BCUT2D eigenvalue weighted by Gasteiger charge is 2.21. The first-order chi connectivity index (χ1) is 13.0. The Hall–Kier alpha value is -1.60. The second-order valence-corrected chi connectivity index (χ2v) is 7.85. The van der Waals surface area contributed by atoms with E-state index in [4.69, 9.17) is 4.74 Å². The van der Waals surface area contributed by atoms with Gasteiger partial charge in [-0.2, -0.15) is 0 Å². The second-order valence-electron chi connectivity index (χ2n) is 6.93. The molecule has 7 heteroatoms. The number of amides is 1. The number of aryl methyl sites for hydroxylation is 1. The number of rotatable bonds is 10. The molecule has 0 spiro atoms. The maximum absolute atomic E-state index is 12.2. The van der Waals surface area contributed by atoms with E-state index in [0.717, 1.165) is 47.3 Å². The van der Waals surface area contributed by atoms with Crippen LogP contribution in [0.5, 0.6) is 0 Å². The first-order valence-electron chi connectivity index (χ1n) is 9.62. The number of halogens is 1. The third kappa shape index (κ3) is 8.30. The molecule has 6 nitrogen and oxygen atoms in total. The summed E-state index contributed by atoms with van der Waals surface area (Å²) < 4.78 is 6.64. The van der Waals surface area contributed by atoms with Gasteiger partial charge in [-0.3, -0.25) is 9.79 Å². The molecule has 27 heavy (non-hydrogen) atoms. The number of guanidine groups is 1. The Morgan fingerprint density at radius 2 is 2.19 bits per heavy atom. The lowest BCUT2D eigenvalue weighted by atomic mass is 10.2. The molecule has 2 rings (SSSR count). The Balaban J connectivity index is 1.76. The van der Waals surface area contributed by atoms with Crippen LogP contribution in [0.4, 0.5) is 5.69 Å². The molecule has 1 aliphatic rings. The van der Waals surface area contributed by atoms with E-state index >= 15 is 0 Å². The van der Waals surface area contributed by atoms with Crippen molar-refractivity contribution in [1.29, 1.82) is 0 Å². The number of nitrogens with zero attached hydrogens (tertiary/aromatic N) is 2. The molecule has 0 heterocycles. The van der Waals surface area contributed by atoms with Gasteiger partial charge in [-0.25, -0.2) is 0 Å². The third-order valence-electron chi connectivity index (χ3n) is 4.39. The number of carbonyl (C=O) groups is 1. The Morgan fingerprint density at radius 3 is 2.89 bits per heavy atom. The number of hydrogen-bond donors (Lipinski definition) is 2. The van der Waals surface area contributed by atoms with Crippen molar-refractivity contribution in [2.45, 2.75) is 33.1 Å². The van der Waals surface area contributed by atoms with Crippen LogP contribution in [0, 0.1) is 12.8 Å². The van der Waals surface area contributed by atoms with Gasteiger partial charge < -0.3 is 20.3 Å². The third-order valence-corrected chi connectivity index (χ3v) is 4.89. The summed E-state index contributed by atoms with van der Waals surface area (Å²) in [5.41, 5.74) is 1.87. The van der Waals surface area contributed by atoms with Crippen molar-refractivity contribution in [3.8, 4) is 0 Å². The van der Waals surface area contributed by atoms with Crippen LogP contribution in [-0.4, -0.2) is 56.7 Å². The maximum atomic E-state index is 12.2. The fraction of sp³-hybridized carbons (Fsp3) is 0.600. The number of anilines is 1. The highest BCUT2D eigenvalue weighted by Crippen LogP contribution is 2.28. The van der Waals surface area contributed by atoms with Crippen molar-refractivity contribution >= 4 is 33.5 Å². The van der Waals surface area contributed by atoms with Gasteiger partial charge in [0, 0.05) is 43.3 Å². The molecule has 1 saturated carbocycles. The van der Waals surface area contributed by atoms with Crippen molar-refractivity contribution < 1.29 is 9.53 Å². The van der Waals surface area contributed by atoms with Gasteiger partial charge in [-0.1, -0.05) is 22.0 Å². The minimum Gasteiger partial charge on any atom is -0.379 e. The SMILES string of the molecule is CCNC(=NCCC(=O)Nc1cc(Br)ccc1C)N(C)CCOCC1CC1. The summed E-state index contributed by atoms with van der Waals surface area (Å²) in [6.07, 6.45) is 2.95. The van der Waals surface area contributed by atoms with Crippen molar-refractivity contribution in [2.75, 3.05) is 45.2 Å². The van der Waals surface area contributed by atoms with Crippen LogP contribution in [0.1, 0.15) is 31.7 Å². The van der Waals surface area contributed by atoms with Crippen molar-refractivity contribution in [3.05, 3.63) is 28.2 Å². The Kier molecular flexibility index (Phi) is 9.07. The summed E-state index contributed by atoms with van der Waals surface area (Å²) in [7, 11) is 1.99. The molecule has 0 aromatic heterocycles. The van der Waals surface area contributed by atoms with E-state index in [-0.39, 0.29) is 5.91 Å². The standard InChI is InChI=1S/C20H31BrN4O2/c1-4-22-20(25(3)11-12-27-14-16-6-7-16)23-10-9-19(26)24-18-13-17(21)8-5-15(18)2/h5,8,13,16H,4,6-7,9-12,14H2,1-3H3,(H,22,23)(H,24,26). The predicted molar refractivity (Wildman–Crippen MR) is 114 cm³/mol. The molecule has 0 aliphatic heterocycles. The lowest BCUT2D eigenvalue weighted by molar-refractivity contribution is -0.116. The fourth-order valence-electron chi connectivity index (χ4n) is 2.52. The lowest BCUT2D eigenvalue weighted by Crippen LogP contribution is -2.40. The van der Waals surface area contributed by atoms with Gasteiger partial charge in [-0.05, 0) is 50.3 Å². The second kappa shape index (κ2) is 11.3. The molecule has 0 radical (unpaired) electrons. The lowest BCUT2D eigenvalue weighted by Gasteiger charge is -2.22. The molecule has 1 amide bonds. The molecule has 1 fully saturated rings. The fourth-order valence-corrected chi connectivity index (χ4v) is 2.88. The average molecular weight is 439 g/mol. The molecule has 150 valence electrons. The van der Waals surface area contributed by atoms with Gasteiger partial charge >= 0.3 is 0 Å². The van der Waals surface area contributed by atoms with Crippen LogP contribution in [0.2, 0.25) is 0 Å². The summed E-state index contributed by atoms with van der Waals surface area (Å²) >= 11 is 3.43. The molecule has 0 saturated heterocycles. The van der Waals surface area contributed by atoms with Crippen LogP contribution < -0.4 is 10.6 Å². The number of hydrogen-bond acceptors (Lipinski definition) is 3. The first-order valence-corrected chi connectivity index (χ1v) is 10.4. The number of ether oxygens (including phenoxy) is 1. The largest absolute Gasteiger partial charge is 0.379 e. The summed E-state index contributed by atoms with van der Waals surface area (Å²) in [5, 5.41) is 6.22. The van der Waals surface area contributed by atoms with Crippen LogP contribution >= 0.6 is 15.9 Å². The van der Waals surface area contributed by atoms with Crippen molar-refractivity contribution in [3.63, 3.8) is 0 Å². The molecular weight excluding hydrogens is 408 g/mol. The topological polar surface area (TPSA) is 66.0 Å². The number of aliphatic imine (C=N–C) groups is 1. The van der Waals surface area contributed by atoms with E-state index in [0.29, 0.717) is 19.6 Å². The highest BCUT2D eigenvalue weighted by atomic mass is 79.9. The van der Waals surface area contributed by atoms with Gasteiger partial charge in [0.1, 0.15) is 0 Å². The maximum Gasteiger partial charge on any atom is 0.226 e. The molecule has 1 aromatic carbocycles. The van der Waals surface area contributed by atoms with Crippen LogP contribution in [0.3, 0.4) is 0 Å². The summed E-state index contributed by atoms with van der Waals surface area (Å²) in [6.45, 7) is 7.59. The van der Waals surface area contributed by atoms with Gasteiger partial charge in [0.05, 0.1) is 13.2 Å². The smallest absolute Gasteiger partial charge is 0.226 e. The van der Waals surface area contributed by atoms with E-state index in [9.17, 15) is 4.79 Å². The number of carbonyl (C=O) groups excluding carboxylic acids is 1. The summed E-state index contributed by atoms with van der Waals surface area (Å²) in [6, 6.07) is 5.85. The van der Waals surface area contributed by atoms with E-state index in [1.54, 1.807) is 0 Å². The number of likely N-dealkylation sites (N-methyl/N-ethyl adjacent to an activating group) is 1. The van der Waals surface area contributed by atoms with Gasteiger partial charge in [0.25, 0.3) is 0 Å². The average Bonchev–Trinajstić information content (AvgIpc) is 3.45. The predicted octanol–water partition coefficient (Wildman–Crippen LogP) is 3.41. The van der Waals surface area contributed by atoms with Crippen LogP contribution in [0.25, 0.3) is 0 Å². The first kappa shape index (κ1) is 21.7. The molecule has 1 aliphatic carbocycles. The van der Waals surface area contributed by atoms with Crippen LogP contribution in [0.15, 0.2) is 27.7 Å². The minimum absolute atomic E-state index is 0.0359. The zero-order chi connectivity index (χ0) is 19.6. The van der Waals surface area contributed by atoms with Gasteiger partial charge in [0.15, 0.2) is 5.96 Å². The van der Waals surface area contributed by atoms with E-state index < -0.39 is 0 Å². The van der Waals surface area contributed by atoms with E-state index in [1.165, 1.54) is 12.8 Å². The molecule has 0 bridgehead atoms. The van der Waals surface area contributed by atoms with Gasteiger partial charge in [-0.15, -0.1) is 0 Å². The van der Waals surface area contributed by atoms with Crippen LogP contribution in [-0.2, 0) is 9.53 Å². The van der Waals surface area contributed by atoms with Crippen molar-refractivity contribution in [2.24, 2.45) is 10.9 Å². The summed E-state index contributed by atoms with van der Waals surface area (Å²) in [4.78, 5) is 18.8. The van der Waals surface area contributed by atoms with Gasteiger partial charge in [0.2, 0.25) is 5.91 Å². The quantitative estimate of drug-likeness (QED) is 0.333. The Morgan fingerprint density at radius 1 is 1.41 bits per heavy atom. The molecule has 2 N–H and O–H groups in total. The Bertz CT molecular complexity index is 647. The van der Waals surface area contributed by atoms with E-state index in [2.05, 4.69) is 31.6 Å². The number of benzene rings is 1. The molecular formula is C20H31BrN4O2.